The van der Waals surface area contributed by atoms with Crippen LogP contribution in [0.5, 0.6) is 5.75 Å². The van der Waals surface area contributed by atoms with Gasteiger partial charge in [0.1, 0.15) is 5.75 Å². The van der Waals surface area contributed by atoms with Gasteiger partial charge in [0.2, 0.25) is 5.91 Å². The second-order valence-corrected chi connectivity index (χ2v) is 6.26. The molecule has 1 aliphatic heterocycles. The third-order valence-corrected chi connectivity index (χ3v) is 4.43. The first-order chi connectivity index (χ1) is 11.0. The monoisotopic (exact) mass is 381 g/mol. The average molecular weight is 382 g/mol. The Labute approximate surface area is 144 Å². The molecule has 124 valence electrons. The average Bonchev–Trinajstić information content (AvgIpc) is 2.59. The molecule has 23 heavy (non-hydrogen) atoms. The third kappa shape index (κ3) is 4.58. The van der Waals surface area contributed by atoms with E-state index in [2.05, 4.69) is 15.9 Å². The van der Waals surface area contributed by atoms with Crippen molar-refractivity contribution in [3.8, 4) is 5.75 Å². The fourth-order valence-corrected chi connectivity index (χ4v) is 2.98. The first-order valence-electron chi connectivity index (χ1n) is 7.43. The van der Waals surface area contributed by atoms with Crippen molar-refractivity contribution >= 4 is 33.9 Å². The van der Waals surface area contributed by atoms with Crippen LogP contribution in [-0.4, -0.2) is 44.1 Å². The van der Waals surface area contributed by atoms with Crippen LogP contribution in [0.3, 0.4) is 0 Å². The topological polar surface area (TPSA) is 55.8 Å². The van der Waals surface area contributed by atoms with Crippen LogP contribution in [0.2, 0.25) is 0 Å². The van der Waals surface area contributed by atoms with Crippen LogP contribution in [0.4, 0.5) is 0 Å². The summed E-state index contributed by atoms with van der Waals surface area (Å²) in [6.45, 7) is 1.14. The molecular weight excluding hydrogens is 362 g/mol. The van der Waals surface area contributed by atoms with Crippen molar-refractivity contribution in [1.29, 1.82) is 0 Å². The predicted octanol–water partition coefficient (Wildman–Crippen LogP) is 2.88. The SMILES string of the molecule is COC(=O)C1CCN(C(=O)C=Cc2cc(Br)ccc2OC)CC1. The molecule has 0 aromatic heterocycles. The van der Waals surface area contributed by atoms with E-state index < -0.39 is 0 Å². The predicted molar refractivity (Wildman–Crippen MR) is 91.0 cm³/mol. The largest absolute Gasteiger partial charge is 0.496 e. The summed E-state index contributed by atoms with van der Waals surface area (Å²) in [7, 11) is 2.99. The summed E-state index contributed by atoms with van der Waals surface area (Å²) < 4.78 is 11.0. The maximum Gasteiger partial charge on any atom is 0.308 e. The summed E-state index contributed by atoms with van der Waals surface area (Å²) in [5.74, 6) is 0.363. The zero-order valence-electron chi connectivity index (χ0n) is 13.3. The van der Waals surface area contributed by atoms with E-state index in [9.17, 15) is 9.59 Å². The molecule has 1 heterocycles. The molecule has 0 unspecified atom stereocenters. The Kier molecular flexibility index (Phi) is 6.21. The Hall–Kier alpha value is -1.82. The minimum Gasteiger partial charge on any atom is -0.496 e. The number of likely N-dealkylation sites (tertiary alicyclic amines) is 1. The third-order valence-electron chi connectivity index (χ3n) is 3.94. The zero-order valence-corrected chi connectivity index (χ0v) is 14.8. The number of piperidine rings is 1. The number of rotatable bonds is 4. The highest BCUT2D eigenvalue weighted by Crippen LogP contribution is 2.24. The van der Waals surface area contributed by atoms with Crippen molar-refractivity contribution in [3.05, 3.63) is 34.3 Å². The molecule has 1 aliphatic rings. The number of benzene rings is 1. The molecule has 0 bridgehead atoms. The molecule has 5 nitrogen and oxygen atoms in total. The number of hydrogen-bond donors (Lipinski definition) is 0. The highest BCUT2D eigenvalue weighted by Gasteiger charge is 2.26. The van der Waals surface area contributed by atoms with Gasteiger partial charge in [-0.05, 0) is 37.1 Å². The Morgan fingerprint density at radius 3 is 2.57 bits per heavy atom. The fourth-order valence-electron chi connectivity index (χ4n) is 2.60. The molecule has 1 saturated heterocycles. The summed E-state index contributed by atoms with van der Waals surface area (Å²) in [6, 6.07) is 5.62. The van der Waals surface area contributed by atoms with Gasteiger partial charge in [-0.25, -0.2) is 0 Å². The van der Waals surface area contributed by atoms with Gasteiger partial charge < -0.3 is 14.4 Å². The van der Waals surface area contributed by atoms with Crippen LogP contribution in [0.1, 0.15) is 18.4 Å². The molecule has 0 atom stereocenters. The first-order valence-corrected chi connectivity index (χ1v) is 8.22. The standard InChI is InChI=1S/C17H20BrNO4/c1-22-15-5-4-14(18)11-13(15)3-6-16(20)19-9-7-12(8-10-19)17(21)23-2/h3-6,11-12H,7-10H2,1-2H3. The van der Waals surface area contributed by atoms with Crippen molar-refractivity contribution in [3.63, 3.8) is 0 Å². The summed E-state index contributed by atoms with van der Waals surface area (Å²) in [4.78, 5) is 25.5. The minimum atomic E-state index is -0.188. The van der Waals surface area contributed by atoms with Crippen molar-refractivity contribution in [2.75, 3.05) is 27.3 Å². The minimum absolute atomic E-state index is 0.0599. The normalized spacial score (nSPS) is 15.7. The van der Waals surface area contributed by atoms with Crippen molar-refractivity contribution in [2.45, 2.75) is 12.8 Å². The smallest absolute Gasteiger partial charge is 0.308 e. The van der Waals surface area contributed by atoms with E-state index in [-0.39, 0.29) is 17.8 Å². The van der Waals surface area contributed by atoms with Crippen LogP contribution in [0.25, 0.3) is 6.08 Å². The molecule has 6 heteroatoms. The van der Waals surface area contributed by atoms with Gasteiger partial charge in [-0.1, -0.05) is 15.9 Å². The van der Waals surface area contributed by atoms with E-state index in [4.69, 9.17) is 9.47 Å². The van der Waals surface area contributed by atoms with E-state index >= 15 is 0 Å². The number of amides is 1. The molecule has 1 aromatic carbocycles. The van der Waals surface area contributed by atoms with Gasteiger partial charge in [0.05, 0.1) is 20.1 Å². The maximum absolute atomic E-state index is 12.3. The molecular formula is C17H20BrNO4. The molecule has 1 aromatic rings. The first kappa shape index (κ1) is 17.5. The second-order valence-electron chi connectivity index (χ2n) is 5.34. The summed E-state index contributed by atoms with van der Waals surface area (Å²) in [5.41, 5.74) is 0.833. The molecule has 0 saturated carbocycles. The Bertz CT molecular complexity index is 607. The number of halogens is 1. The van der Waals surface area contributed by atoms with Crippen LogP contribution in [0.15, 0.2) is 28.7 Å². The lowest BCUT2D eigenvalue weighted by molar-refractivity contribution is -0.148. The quantitative estimate of drug-likeness (QED) is 0.594. The lowest BCUT2D eigenvalue weighted by Gasteiger charge is -2.29. The van der Waals surface area contributed by atoms with Crippen molar-refractivity contribution in [2.24, 2.45) is 5.92 Å². The maximum atomic E-state index is 12.3. The fraction of sp³-hybridized carbons (Fsp3) is 0.412. The van der Waals surface area contributed by atoms with Gasteiger partial charge in [0.15, 0.2) is 0 Å². The highest BCUT2D eigenvalue weighted by molar-refractivity contribution is 9.10. The molecule has 1 amide bonds. The number of nitrogens with zero attached hydrogens (tertiary/aromatic N) is 1. The van der Waals surface area contributed by atoms with Crippen LogP contribution in [0, 0.1) is 5.92 Å². The number of carbonyl (C=O) groups excluding carboxylic acids is 2. The molecule has 0 N–H and O–H groups in total. The van der Waals surface area contributed by atoms with Gasteiger partial charge in [0.25, 0.3) is 0 Å². The number of carbonyl (C=O) groups is 2. The Morgan fingerprint density at radius 2 is 1.96 bits per heavy atom. The number of ether oxygens (including phenoxy) is 2. The highest BCUT2D eigenvalue weighted by atomic mass is 79.9. The van der Waals surface area contributed by atoms with E-state index in [0.29, 0.717) is 31.7 Å². The van der Waals surface area contributed by atoms with Gasteiger partial charge in [-0.15, -0.1) is 0 Å². The van der Waals surface area contributed by atoms with Gasteiger partial charge in [-0.2, -0.15) is 0 Å². The van der Waals surface area contributed by atoms with Crippen molar-refractivity contribution < 1.29 is 19.1 Å². The van der Waals surface area contributed by atoms with Crippen LogP contribution >= 0.6 is 15.9 Å². The second kappa shape index (κ2) is 8.15. The Morgan fingerprint density at radius 1 is 1.26 bits per heavy atom. The lowest BCUT2D eigenvalue weighted by atomic mass is 9.97. The molecule has 2 rings (SSSR count). The lowest BCUT2D eigenvalue weighted by Crippen LogP contribution is -2.39. The Balaban J connectivity index is 1.98. The van der Waals surface area contributed by atoms with Gasteiger partial charge in [-0.3, -0.25) is 9.59 Å². The van der Waals surface area contributed by atoms with Crippen molar-refractivity contribution in [1.82, 2.24) is 4.90 Å². The van der Waals surface area contributed by atoms with Gasteiger partial charge in [0, 0.05) is 29.2 Å². The van der Waals surface area contributed by atoms with E-state index in [1.165, 1.54) is 7.11 Å². The molecule has 1 fully saturated rings. The van der Waals surface area contributed by atoms with E-state index in [0.717, 1.165) is 10.0 Å². The summed E-state index contributed by atoms with van der Waals surface area (Å²) in [5, 5.41) is 0. The molecule has 0 radical (unpaired) electrons. The summed E-state index contributed by atoms with van der Waals surface area (Å²) in [6.07, 6.45) is 4.58. The number of methoxy groups -OCH3 is 2. The zero-order chi connectivity index (χ0) is 16.8. The van der Waals surface area contributed by atoms with Gasteiger partial charge >= 0.3 is 5.97 Å². The van der Waals surface area contributed by atoms with Crippen LogP contribution in [-0.2, 0) is 14.3 Å². The molecule has 0 aliphatic carbocycles. The van der Waals surface area contributed by atoms with E-state index in [1.807, 2.05) is 18.2 Å². The summed E-state index contributed by atoms with van der Waals surface area (Å²) >= 11 is 3.41. The van der Waals surface area contributed by atoms with E-state index in [1.54, 1.807) is 24.2 Å². The number of esters is 1. The molecule has 0 spiro atoms. The van der Waals surface area contributed by atoms with Crippen LogP contribution < -0.4 is 4.74 Å². The number of hydrogen-bond acceptors (Lipinski definition) is 4.